The molecular weight excluding hydrogens is 1120 g/mol. The van der Waals surface area contributed by atoms with Gasteiger partial charge in [-0.3, -0.25) is 14.4 Å². The molecule has 0 aromatic heterocycles. The van der Waals surface area contributed by atoms with E-state index >= 15 is 0 Å². The zero-order chi connectivity index (χ0) is 68.2. The highest BCUT2D eigenvalue weighted by molar-refractivity contribution is 5.80. The summed E-state index contributed by atoms with van der Waals surface area (Å²) >= 11 is 0. The molecular formula is C66H137N5O16. The molecule has 1 aliphatic rings. The van der Waals surface area contributed by atoms with E-state index in [1.165, 1.54) is 0 Å². The van der Waals surface area contributed by atoms with Crippen molar-refractivity contribution in [3.05, 3.63) is 0 Å². The normalized spacial score (nSPS) is 13.7. The fourth-order valence-corrected chi connectivity index (χ4v) is 6.88. The lowest BCUT2D eigenvalue weighted by Gasteiger charge is -2.34. The summed E-state index contributed by atoms with van der Waals surface area (Å²) in [6.07, 6.45) is 9.98. The summed E-state index contributed by atoms with van der Waals surface area (Å²) in [4.78, 5) is 59.9. The predicted molar refractivity (Wildman–Crippen MR) is 351 cm³/mol. The van der Waals surface area contributed by atoms with E-state index in [9.17, 15) is 29.1 Å². The number of primary amides is 1. The number of likely N-dealkylation sites (N-methyl/N-ethyl adjacent to an activating group) is 1. The maximum absolute atomic E-state index is 11.8. The minimum Gasteiger partial charge on any atom is -0.480 e. The van der Waals surface area contributed by atoms with Gasteiger partial charge in [-0.15, -0.1) is 0 Å². The van der Waals surface area contributed by atoms with Crippen LogP contribution in [0.1, 0.15) is 215 Å². The molecule has 0 bridgehead atoms. The molecule has 1 heterocycles. The average Bonchev–Trinajstić information content (AvgIpc) is 3.56. The first-order valence-corrected chi connectivity index (χ1v) is 31.9. The quantitative estimate of drug-likeness (QED) is 0.0315. The van der Waals surface area contributed by atoms with Gasteiger partial charge in [-0.25, -0.2) is 9.59 Å². The molecule has 0 saturated carbocycles. The number of unbranched alkanes of at least 4 members (excludes halogenated alkanes) is 2. The molecule has 21 heteroatoms. The number of ether oxygens (including phenoxy) is 8. The number of hydrogen-bond acceptors (Lipinski definition) is 16. The first-order valence-electron chi connectivity index (χ1n) is 31.9. The Hall–Kier alpha value is -3.25. The Labute approximate surface area is 530 Å². The van der Waals surface area contributed by atoms with Crippen molar-refractivity contribution in [3.63, 3.8) is 0 Å². The Kier molecular flexibility index (Phi) is 57.9. The second kappa shape index (κ2) is 54.5. The zero-order valence-electron chi connectivity index (χ0n) is 59.5. The third-order valence-corrected chi connectivity index (χ3v) is 11.8. The van der Waals surface area contributed by atoms with Crippen molar-refractivity contribution >= 4 is 29.8 Å². The number of aliphatic hydroxyl groups is 1. The largest absolute Gasteiger partial charge is 0.480 e. The smallest absolute Gasteiger partial charge is 0.407 e. The molecule has 3 amide bonds. The number of hydrogen-bond donors (Lipinski definition) is 6. The topological polar surface area (TPSA) is 290 Å². The molecule has 0 spiro atoms. The van der Waals surface area contributed by atoms with Crippen LogP contribution in [-0.2, 0) is 57.1 Å². The maximum atomic E-state index is 11.8. The molecule has 1 saturated heterocycles. The van der Waals surface area contributed by atoms with E-state index < -0.39 is 30.1 Å². The second-order valence-electron chi connectivity index (χ2n) is 29.7. The summed E-state index contributed by atoms with van der Waals surface area (Å²) in [6, 6.07) is -1.64. The molecule has 2 atom stereocenters. The summed E-state index contributed by atoms with van der Waals surface area (Å²) in [6.45, 7) is 51.0. The van der Waals surface area contributed by atoms with Gasteiger partial charge < -0.3 is 79.8 Å². The van der Waals surface area contributed by atoms with Crippen LogP contribution < -0.4 is 16.8 Å². The number of carboxylic acid groups (broad SMARTS) is 2. The molecule has 87 heavy (non-hydrogen) atoms. The second-order valence-corrected chi connectivity index (χ2v) is 29.7. The molecule has 522 valence electrons. The summed E-state index contributed by atoms with van der Waals surface area (Å²) in [5.74, 6) is -1.84. The van der Waals surface area contributed by atoms with Gasteiger partial charge in [0.1, 0.15) is 18.7 Å². The molecule has 0 aliphatic carbocycles. The average molecular weight is 1260 g/mol. The van der Waals surface area contributed by atoms with Gasteiger partial charge in [0, 0.05) is 52.7 Å². The van der Waals surface area contributed by atoms with E-state index in [1.807, 2.05) is 4.90 Å². The Bertz CT molecular complexity index is 1640. The number of aliphatic carboxylic acids is 2. The molecule has 1 fully saturated rings. The number of carboxylic acids is 2. The highest BCUT2D eigenvalue weighted by Crippen LogP contribution is 2.24. The zero-order valence-corrected chi connectivity index (χ0v) is 59.5. The SMILES string of the molecule is CC(C)(C)C.CC(C)(C)CCCC(N)=O.CC(C)(C)CCCC[C@H](N)C(=O)O.CC(C)(C)CCO.CN1CCN(C(=O)CC(C)(C)C)CC1.COCCOCCOCCOCCOCCOCCOCCOC(=O)N[C@@H](CCCCC(C)(C)C)C(=O)O. The first-order chi connectivity index (χ1) is 39.9. The van der Waals surface area contributed by atoms with Crippen molar-refractivity contribution in [2.45, 2.75) is 227 Å². The van der Waals surface area contributed by atoms with Crippen LogP contribution in [0.3, 0.4) is 0 Å². The number of piperazine rings is 1. The number of rotatable bonds is 37. The van der Waals surface area contributed by atoms with Crippen LogP contribution in [-0.4, -0.2) is 206 Å². The Morgan fingerprint density at radius 3 is 1.13 bits per heavy atom. The van der Waals surface area contributed by atoms with E-state index in [1.54, 1.807) is 7.11 Å². The Morgan fingerprint density at radius 2 is 0.828 bits per heavy atom. The van der Waals surface area contributed by atoms with Gasteiger partial charge in [-0.05, 0) is 84.5 Å². The number of nitrogens with one attached hydrogen (secondary N) is 1. The van der Waals surface area contributed by atoms with Gasteiger partial charge in [-0.1, -0.05) is 157 Å². The van der Waals surface area contributed by atoms with Crippen LogP contribution in [0.4, 0.5) is 4.79 Å². The standard InChI is InChI=1S/C26H51NO11.C11H22N2O.C10H21NO2.C8H17NO.C6H14O.C5H12/c1-26(2,3)8-6-5-7-23(24(28)29)27-25(30)38-22-21-37-20-19-36-18-17-35-16-15-34-14-13-33-12-11-32-10-9-31-4;1-11(2,3)9-10(14)13-7-5-12(4)6-8-13;1-10(2,3)7-5-4-6-8(11)9(12)13;1-8(2,3)6-4-5-7(9)10;1-6(2,3)4-5-7;1-5(2,3)4/h23H,5-22H2,1-4H3,(H,27,30)(H,28,29);5-9H2,1-4H3;8H,4-7,11H2,1-3H3,(H,12,13);4-6H2,1-3H3,(H2,9,10);7H,4-5H2,1-3H3;1-4H3/t23-;;8-;;;/m0.0.../s1. The molecule has 0 radical (unpaired) electrons. The van der Waals surface area contributed by atoms with Crippen molar-refractivity contribution < 1.29 is 77.2 Å². The summed E-state index contributed by atoms with van der Waals surface area (Å²) in [5.41, 5.74) is 12.1. The lowest BCUT2D eigenvalue weighted by molar-refractivity contribution is -0.140. The molecule has 21 nitrogen and oxygen atoms in total. The number of methoxy groups -OCH3 is 1. The van der Waals surface area contributed by atoms with Gasteiger partial charge in [0.25, 0.3) is 0 Å². The lowest BCUT2D eigenvalue weighted by atomic mass is 9.89. The van der Waals surface area contributed by atoms with Gasteiger partial charge in [0.05, 0.1) is 85.9 Å². The minimum atomic E-state index is -1.07. The summed E-state index contributed by atoms with van der Waals surface area (Å²) < 4.78 is 42.1. The van der Waals surface area contributed by atoms with Crippen LogP contribution >= 0.6 is 0 Å². The van der Waals surface area contributed by atoms with Gasteiger partial charge >= 0.3 is 18.0 Å². The van der Waals surface area contributed by atoms with Gasteiger partial charge in [0.2, 0.25) is 11.8 Å². The van der Waals surface area contributed by atoms with Crippen molar-refractivity contribution in [2.24, 2.45) is 44.0 Å². The van der Waals surface area contributed by atoms with Crippen LogP contribution in [0.15, 0.2) is 0 Å². The van der Waals surface area contributed by atoms with Crippen molar-refractivity contribution in [3.8, 4) is 0 Å². The first kappa shape index (κ1) is 92.5. The number of nitrogens with two attached hydrogens (primary N) is 2. The molecule has 1 rings (SSSR count). The minimum absolute atomic E-state index is 0.0263. The van der Waals surface area contributed by atoms with E-state index in [2.05, 4.69) is 149 Å². The molecule has 8 N–H and O–H groups in total. The molecule has 0 unspecified atom stereocenters. The van der Waals surface area contributed by atoms with Crippen LogP contribution in [0.5, 0.6) is 0 Å². The monoisotopic (exact) mass is 1260 g/mol. The third-order valence-electron chi connectivity index (χ3n) is 11.8. The number of carbonyl (C=O) groups excluding carboxylic acids is 3. The van der Waals surface area contributed by atoms with Crippen molar-refractivity contribution in [1.29, 1.82) is 0 Å². The highest BCUT2D eigenvalue weighted by Gasteiger charge is 2.24. The molecule has 0 aromatic carbocycles. The lowest BCUT2D eigenvalue weighted by Crippen LogP contribution is -2.47. The number of nitrogens with zero attached hydrogens (tertiary/aromatic N) is 2. The molecule has 0 aromatic rings. The van der Waals surface area contributed by atoms with E-state index in [0.29, 0.717) is 139 Å². The summed E-state index contributed by atoms with van der Waals surface area (Å²) in [5, 5.41) is 28.6. The predicted octanol–water partition coefficient (Wildman–Crippen LogP) is 10.9. The van der Waals surface area contributed by atoms with E-state index in [0.717, 1.165) is 84.0 Å². The van der Waals surface area contributed by atoms with Gasteiger partial charge in [-0.2, -0.15) is 0 Å². The fraction of sp³-hybridized carbons (Fsp3) is 0.924. The van der Waals surface area contributed by atoms with Crippen molar-refractivity contribution in [2.75, 3.05) is 139 Å². The number of carbonyl (C=O) groups is 5. The summed E-state index contributed by atoms with van der Waals surface area (Å²) in [7, 11) is 3.74. The third kappa shape index (κ3) is 89.3. The number of amides is 3. The number of alkyl carbamates (subject to hydrolysis) is 1. The van der Waals surface area contributed by atoms with Crippen LogP contribution in [0.25, 0.3) is 0 Å². The number of aliphatic hydroxyl groups excluding tert-OH is 1. The van der Waals surface area contributed by atoms with Crippen molar-refractivity contribution in [1.82, 2.24) is 15.1 Å². The Morgan fingerprint density at radius 1 is 0.483 bits per heavy atom. The van der Waals surface area contributed by atoms with Crippen LogP contribution in [0.2, 0.25) is 0 Å². The Balaban J connectivity index is -0.000000369. The van der Waals surface area contributed by atoms with E-state index in [-0.39, 0.29) is 30.0 Å². The maximum Gasteiger partial charge on any atom is 0.407 e. The molecule has 1 aliphatic heterocycles. The highest BCUT2D eigenvalue weighted by atomic mass is 16.6. The van der Waals surface area contributed by atoms with Gasteiger partial charge in [0.15, 0.2) is 0 Å². The fourth-order valence-electron chi connectivity index (χ4n) is 6.88. The van der Waals surface area contributed by atoms with Crippen LogP contribution in [0, 0.1) is 32.5 Å². The van der Waals surface area contributed by atoms with E-state index in [4.69, 9.17) is 59.6 Å².